The maximum absolute atomic E-state index is 12.0. The van der Waals surface area contributed by atoms with Crippen LogP contribution in [0.5, 0.6) is 0 Å². The van der Waals surface area contributed by atoms with Crippen LogP contribution in [0.1, 0.15) is 36.1 Å². The number of thiazole rings is 1. The Morgan fingerprint density at radius 2 is 2.16 bits per heavy atom. The molecule has 19 heavy (non-hydrogen) atoms. The minimum Gasteiger partial charge on any atom is -0.456 e. The van der Waals surface area contributed by atoms with E-state index in [1.807, 2.05) is 20.8 Å². The third-order valence-electron chi connectivity index (χ3n) is 1.99. The number of nitrogens with one attached hydrogen (secondary N) is 1. The molecule has 108 valence electrons. The highest BCUT2D eigenvalue weighted by molar-refractivity contribution is 7.17. The van der Waals surface area contributed by atoms with Gasteiger partial charge in [0.15, 0.2) is 5.13 Å². The minimum absolute atomic E-state index is 0.178. The van der Waals surface area contributed by atoms with Gasteiger partial charge in [-0.15, -0.1) is 11.6 Å². The first-order valence-electron chi connectivity index (χ1n) is 5.89. The van der Waals surface area contributed by atoms with Crippen LogP contribution in [0.3, 0.4) is 0 Å². The molecule has 1 aromatic rings. The molecule has 7 heteroatoms. The van der Waals surface area contributed by atoms with Crippen LogP contribution < -0.4 is 5.32 Å². The molecule has 0 aromatic carbocycles. The van der Waals surface area contributed by atoms with Crippen LogP contribution >= 0.6 is 22.9 Å². The lowest BCUT2D eigenvalue weighted by atomic mass is 10.2. The summed E-state index contributed by atoms with van der Waals surface area (Å²) in [4.78, 5) is 16.7. The molecule has 0 atom stereocenters. The van der Waals surface area contributed by atoms with E-state index in [1.54, 1.807) is 7.11 Å². The third kappa shape index (κ3) is 5.34. The van der Waals surface area contributed by atoms with Crippen LogP contribution in [0.25, 0.3) is 0 Å². The van der Waals surface area contributed by atoms with Gasteiger partial charge in [-0.25, -0.2) is 9.78 Å². The molecule has 0 saturated carbocycles. The zero-order valence-corrected chi connectivity index (χ0v) is 13.2. The number of anilines is 1. The summed E-state index contributed by atoms with van der Waals surface area (Å²) in [5.41, 5.74) is 0.00900. The number of rotatable bonds is 6. The number of ether oxygens (including phenoxy) is 2. The van der Waals surface area contributed by atoms with Crippen molar-refractivity contribution in [2.45, 2.75) is 32.3 Å². The number of carbonyl (C=O) groups excluding carboxylic acids is 1. The fourth-order valence-corrected chi connectivity index (χ4v) is 2.42. The Kier molecular flexibility index (Phi) is 6.03. The van der Waals surface area contributed by atoms with Gasteiger partial charge >= 0.3 is 5.97 Å². The molecule has 0 aliphatic carbocycles. The number of methoxy groups -OCH3 is 1. The number of carbonyl (C=O) groups is 1. The van der Waals surface area contributed by atoms with Crippen LogP contribution in [0, 0.1) is 0 Å². The van der Waals surface area contributed by atoms with Crippen molar-refractivity contribution in [1.29, 1.82) is 0 Å². The summed E-state index contributed by atoms with van der Waals surface area (Å²) in [5.74, 6) is -0.211. The van der Waals surface area contributed by atoms with Crippen LogP contribution in [-0.4, -0.2) is 36.8 Å². The number of esters is 1. The monoisotopic (exact) mass is 306 g/mol. The normalized spacial score (nSPS) is 11.4. The molecule has 0 bridgehead atoms. The highest BCUT2D eigenvalue weighted by Crippen LogP contribution is 2.26. The summed E-state index contributed by atoms with van der Waals surface area (Å²) in [6, 6.07) is 0. The fourth-order valence-electron chi connectivity index (χ4n) is 1.26. The largest absolute Gasteiger partial charge is 0.456 e. The molecule has 1 N–H and O–H groups in total. The first-order valence-corrected chi connectivity index (χ1v) is 7.24. The Labute approximate surface area is 122 Å². The number of aromatic nitrogens is 1. The Morgan fingerprint density at radius 3 is 2.68 bits per heavy atom. The Bertz CT molecular complexity index is 429. The highest BCUT2D eigenvalue weighted by Gasteiger charge is 2.23. The molecule has 0 radical (unpaired) electrons. The summed E-state index contributed by atoms with van der Waals surface area (Å²) in [6.45, 7) is 6.66. The van der Waals surface area contributed by atoms with Gasteiger partial charge in [0, 0.05) is 13.7 Å². The zero-order valence-electron chi connectivity index (χ0n) is 11.6. The van der Waals surface area contributed by atoms with Crippen molar-refractivity contribution in [3.63, 3.8) is 0 Å². The van der Waals surface area contributed by atoms with E-state index in [0.29, 0.717) is 28.9 Å². The van der Waals surface area contributed by atoms with Gasteiger partial charge in [-0.1, -0.05) is 11.3 Å². The topological polar surface area (TPSA) is 60.5 Å². The summed E-state index contributed by atoms with van der Waals surface area (Å²) < 4.78 is 10.3. The van der Waals surface area contributed by atoms with Gasteiger partial charge in [0.2, 0.25) is 0 Å². The second kappa shape index (κ2) is 7.07. The predicted octanol–water partition coefficient (Wildman–Crippen LogP) is 2.90. The number of hydrogen-bond acceptors (Lipinski definition) is 6. The SMILES string of the molecule is COCCNc1nc(CCl)c(C(=O)OC(C)(C)C)s1. The molecule has 1 rings (SSSR count). The minimum atomic E-state index is -0.533. The molecule has 0 aliphatic heterocycles. The van der Waals surface area contributed by atoms with Crippen LogP contribution in [0.15, 0.2) is 0 Å². The van der Waals surface area contributed by atoms with E-state index in [9.17, 15) is 4.79 Å². The number of hydrogen-bond donors (Lipinski definition) is 1. The molecule has 5 nitrogen and oxygen atoms in total. The molecule has 0 aliphatic rings. The molecular weight excluding hydrogens is 288 g/mol. The van der Waals surface area contributed by atoms with Crippen LogP contribution in [-0.2, 0) is 15.4 Å². The lowest BCUT2D eigenvalue weighted by Gasteiger charge is -2.18. The summed E-state index contributed by atoms with van der Waals surface area (Å²) >= 11 is 7.05. The standard InChI is InChI=1S/C12H19ClN2O3S/c1-12(2,3)18-10(16)9-8(7-13)15-11(19-9)14-5-6-17-4/h5-7H2,1-4H3,(H,14,15). The lowest BCUT2D eigenvalue weighted by molar-refractivity contribution is 0.00741. The lowest BCUT2D eigenvalue weighted by Crippen LogP contribution is -2.23. The fraction of sp³-hybridized carbons (Fsp3) is 0.667. The molecule has 0 fully saturated rings. The van der Waals surface area contributed by atoms with Gasteiger partial charge < -0.3 is 14.8 Å². The predicted molar refractivity (Wildman–Crippen MR) is 77.2 cm³/mol. The van der Waals surface area contributed by atoms with Gasteiger partial charge in [-0.2, -0.15) is 0 Å². The molecule has 0 saturated heterocycles. The van der Waals surface area contributed by atoms with Crippen molar-refractivity contribution in [3.05, 3.63) is 10.6 Å². The molecule has 0 amide bonds. The van der Waals surface area contributed by atoms with Gasteiger partial charge in [0.25, 0.3) is 0 Å². The maximum Gasteiger partial charge on any atom is 0.350 e. The molecule has 1 aromatic heterocycles. The van der Waals surface area contributed by atoms with Gasteiger partial charge in [-0.3, -0.25) is 0 Å². The third-order valence-corrected chi connectivity index (χ3v) is 3.28. The quantitative estimate of drug-likeness (QED) is 0.497. The molecule has 0 unspecified atom stereocenters. The van der Waals surface area contributed by atoms with E-state index in [0.717, 1.165) is 0 Å². The van der Waals surface area contributed by atoms with Crippen molar-refractivity contribution in [2.75, 3.05) is 25.6 Å². The van der Waals surface area contributed by atoms with Crippen LogP contribution in [0.2, 0.25) is 0 Å². The molecule has 0 spiro atoms. The van der Waals surface area contributed by atoms with E-state index in [1.165, 1.54) is 11.3 Å². The Morgan fingerprint density at radius 1 is 1.47 bits per heavy atom. The average Bonchev–Trinajstić information content (AvgIpc) is 2.70. The maximum atomic E-state index is 12.0. The Balaban J connectivity index is 2.79. The zero-order chi connectivity index (χ0) is 14.5. The van der Waals surface area contributed by atoms with Crippen LogP contribution in [0.4, 0.5) is 5.13 Å². The van der Waals surface area contributed by atoms with E-state index in [4.69, 9.17) is 21.1 Å². The van der Waals surface area contributed by atoms with Gasteiger partial charge in [-0.05, 0) is 20.8 Å². The number of halogens is 1. The van der Waals surface area contributed by atoms with Crippen molar-refractivity contribution >= 4 is 34.0 Å². The van der Waals surface area contributed by atoms with Crippen molar-refractivity contribution in [2.24, 2.45) is 0 Å². The second-order valence-corrected chi connectivity index (χ2v) is 6.12. The smallest absolute Gasteiger partial charge is 0.350 e. The van der Waals surface area contributed by atoms with E-state index in [2.05, 4.69) is 10.3 Å². The Hall–Kier alpha value is -0.850. The van der Waals surface area contributed by atoms with Crippen molar-refractivity contribution < 1.29 is 14.3 Å². The van der Waals surface area contributed by atoms with Crippen molar-refractivity contribution in [1.82, 2.24) is 4.98 Å². The first-order chi connectivity index (χ1) is 8.87. The van der Waals surface area contributed by atoms with E-state index < -0.39 is 5.60 Å². The second-order valence-electron chi connectivity index (χ2n) is 4.85. The summed E-state index contributed by atoms with van der Waals surface area (Å²) in [5, 5.41) is 3.72. The summed E-state index contributed by atoms with van der Waals surface area (Å²) in [7, 11) is 1.62. The number of nitrogens with zero attached hydrogens (tertiary/aromatic N) is 1. The summed E-state index contributed by atoms with van der Waals surface area (Å²) in [6.07, 6.45) is 0. The van der Waals surface area contributed by atoms with Gasteiger partial charge in [0.1, 0.15) is 10.5 Å². The van der Waals surface area contributed by atoms with E-state index in [-0.39, 0.29) is 11.8 Å². The average molecular weight is 307 g/mol. The molecule has 1 heterocycles. The first kappa shape index (κ1) is 16.2. The van der Waals surface area contributed by atoms with E-state index >= 15 is 0 Å². The van der Waals surface area contributed by atoms with Gasteiger partial charge in [0.05, 0.1) is 18.2 Å². The molecular formula is C12H19ClN2O3S. The number of alkyl halides is 1. The van der Waals surface area contributed by atoms with Crippen molar-refractivity contribution in [3.8, 4) is 0 Å². The highest BCUT2D eigenvalue weighted by atomic mass is 35.5.